The molecule has 6 rings (SSSR count). The third kappa shape index (κ3) is 9.26. The number of para-hydroxylation sites is 1. The summed E-state index contributed by atoms with van der Waals surface area (Å²) >= 11 is 0. The first-order chi connectivity index (χ1) is 21.7. The van der Waals surface area contributed by atoms with E-state index in [0.717, 1.165) is 0 Å². The van der Waals surface area contributed by atoms with Crippen molar-refractivity contribution < 1.29 is 29.7 Å². The summed E-state index contributed by atoms with van der Waals surface area (Å²) in [5.41, 5.74) is 10.9. The van der Waals surface area contributed by atoms with Gasteiger partial charge in [-0.2, -0.15) is 0 Å². The van der Waals surface area contributed by atoms with Gasteiger partial charge in [-0.15, -0.1) is 0 Å². The van der Waals surface area contributed by atoms with E-state index in [4.69, 9.17) is 0 Å². The number of hydrogen-bond acceptors (Lipinski definition) is 0. The van der Waals surface area contributed by atoms with Crippen molar-refractivity contribution in [1.82, 2.24) is 0 Å². The molecule has 0 aliphatic rings. The second kappa shape index (κ2) is 12.4. The van der Waals surface area contributed by atoms with Crippen molar-refractivity contribution >= 4 is 42.0 Å². The molecular weight excluding hydrogens is 615 g/mol. The SMILES string of the molecule is C[n+]1ccc(/C=C/c2ccc(C(=C(c3ccccc3)c3ccccc3)c3ccccc3)cc2)c2ccccc21.F[P-](F)(F)(F)(F)F. The number of rotatable bonds is 6. The molecule has 8 heteroatoms. The fourth-order valence-electron chi connectivity index (χ4n) is 5.20. The summed E-state index contributed by atoms with van der Waals surface area (Å²) in [4.78, 5) is 0. The fraction of sp³-hybridized carbons (Fsp3) is 0.0263. The number of benzene rings is 5. The summed E-state index contributed by atoms with van der Waals surface area (Å²) in [5, 5.41) is 1.25. The van der Waals surface area contributed by atoms with Crippen LogP contribution >= 0.6 is 7.81 Å². The van der Waals surface area contributed by atoms with Crippen molar-refractivity contribution in [2.45, 2.75) is 0 Å². The number of halogens is 6. The van der Waals surface area contributed by atoms with Crippen molar-refractivity contribution in [2.24, 2.45) is 7.05 Å². The topological polar surface area (TPSA) is 3.88 Å². The van der Waals surface area contributed by atoms with Crippen LogP contribution in [0.1, 0.15) is 33.4 Å². The van der Waals surface area contributed by atoms with Gasteiger partial charge in [0, 0.05) is 12.1 Å². The Bertz CT molecular complexity index is 1950. The standard InChI is InChI=1S/C38H30N.F6P/c1-39-28-27-30(35-19-11-12-20-36(35)39)24-21-29-22-25-34(26-23-29)38(33-17-9-4-10-18-33)37(31-13-5-2-6-14-31)32-15-7-3-8-16-32;1-7(2,3,4,5)6/h2-28H,1H3;/q+1;-1/b24-21+;. The molecule has 234 valence electrons. The summed E-state index contributed by atoms with van der Waals surface area (Å²) in [6.45, 7) is 0. The Labute approximate surface area is 263 Å². The Hall–Kier alpha value is -5.00. The van der Waals surface area contributed by atoms with Gasteiger partial charge in [0.25, 0.3) is 0 Å². The van der Waals surface area contributed by atoms with Gasteiger partial charge in [-0.1, -0.05) is 140 Å². The average molecular weight is 646 g/mol. The molecule has 1 heterocycles. The summed E-state index contributed by atoms with van der Waals surface area (Å²) in [7, 11) is -8.57. The average Bonchev–Trinajstić information content (AvgIpc) is 3.03. The summed E-state index contributed by atoms with van der Waals surface area (Å²) in [6.07, 6.45) is 6.54. The Morgan fingerprint density at radius 3 is 1.33 bits per heavy atom. The quantitative estimate of drug-likeness (QED) is 0.0735. The van der Waals surface area contributed by atoms with E-state index in [1.165, 1.54) is 55.4 Å². The van der Waals surface area contributed by atoms with E-state index in [-0.39, 0.29) is 0 Å². The third-order valence-electron chi connectivity index (χ3n) is 7.16. The van der Waals surface area contributed by atoms with Gasteiger partial charge < -0.3 is 0 Å². The van der Waals surface area contributed by atoms with E-state index in [9.17, 15) is 25.2 Å². The van der Waals surface area contributed by atoms with E-state index >= 15 is 0 Å². The second-order valence-electron chi connectivity index (χ2n) is 10.7. The van der Waals surface area contributed by atoms with Crippen LogP contribution in [0.3, 0.4) is 0 Å². The van der Waals surface area contributed by atoms with Gasteiger partial charge in [0.2, 0.25) is 5.52 Å². The Balaban J connectivity index is 0.000000537. The molecule has 5 aromatic carbocycles. The molecule has 0 unspecified atom stereocenters. The van der Waals surface area contributed by atoms with Crippen molar-refractivity contribution in [1.29, 1.82) is 0 Å². The van der Waals surface area contributed by atoms with E-state index < -0.39 is 7.81 Å². The van der Waals surface area contributed by atoms with Crippen molar-refractivity contribution in [3.05, 3.63) is 185 Å². The summed E-state index contributed by atoms with van der Waals surface area (Å²) in [6, 6.07) is 51.8. The van der Waals surface area contributed by atoms with Gasteiger partial charge in [-0.3, -0.25) is 0 Å². The molecule has 1 aromatic heterocycles. The summed E-state index contributed by atoms with van der Waals surface area (Å²) in [5.74, 6) is 0. The van der Waals surface area contributed by atoms with Crippen molar-refractivity contribution in [3.8, 4) is 0 Å². The molecule has 1 nitrogen and oxygen atoms in total. The van der Waals surface area contributed by atoms with Gasteiger partial charge in [-0.05, 0) is 50.6 Å². The van der Waals surface area contributed by atoms with Gasteiger partial charge in [-0.25, -0.2) is 4.57 Å². The fourth-order valence-corrected chi connectivity index (χ4v) is 5.20. The van der Waals surface area contributed by atoms with Crippen LogP contribution in [0.15, 0.2) is 152 Å². The van der Waals surface area contributed by atoms with E-state index in [1.54, 1.807) is 0 Å². The van der Waals surface area contributed by atoms with E-state index in [1.807, 2.05) is 0 Å². The van der Waals surface area contributed by atoms with Crippen molar-refractivity contribution in [2.75, 3.05) is 0 Å². The second-order valence-corrected chi connectivity index (χ2v) is 12.6. The van der Waals surface area contributed by atoms with Crippen LogP contribution in [-0.4, -0.2) is 0 Å². The molecule has 0 spiro atoms. The van der Waals surface area contributed by atoms with Crippen LogP contribution in [-0.2, 0) is 7.05 Å². The van der Waals surface area contributed by atoms with Gasteiger partial charge in [0.15, 0.2) is 6.20 Å². The third-order valence-corrected chi connectivity index (χ3v) is 7.16. The number of pyridine rings is 1. The number of aromatic nitrogens is 1. The molecule has 0 aliphatic carbocycles. The molecule has 0 N–H and O–H groups in total. The summed E-state index contributed by atoms with van der Waals surface area (Å²) < 4.78 is 61.4. The molecule has 0 fully saturated rings. The first kappa shape index (κ1) is 32.4. The molecule has 0 saturated carbocycles. The van der Waals surface area contributed by atoms with Crippen LogP contribution in [0.2, 0.25) is 0 Å². The molecular formula is C38H30F6NP. The zero-order valence-electron chi connectivity index (χ0n) is 24.8. The van der Waals surface area contributed by atoms with Crippen LogP contribution < -0.4 is 4.57 Å². The monoisotopic (exact) mass is 645 g/mol. The Morgan fingerprint density at radius 2 is 0.870 bits per heavy atom. The van der Waals surface area contributed by atoms with Crippen LogP contribution in [0.5, 0.6) is 0 Å². The minimum absolute atomic E-state index is 1.17. The Morgan fingerprint density at radius 1 is 0.478 bits per heavy atom. The zero-order chi connectivity index (χ0) is 32.9. The molecule has 0 atom stereocenters. The Kier molecular flexibility index (Phi) is 8.74. The maximum absolute atomic E-state index is 10.7. The molecule has 0 bridgehead atoms. The molecule has 6 aromatic rings. The van der Waals surface area contributed by atoms with Crippen LogP contribution in [0, 0.1) is 0 Å². The van der Waals surface area contributed by atoms with E-state index in [0.29, 0.717) is 0 Å². The first-order valence-corrected chi connectivity index (χ1v) is 16.4. The number of nitrogens with zero attached hydrogens (tertiary/aromatic N) is 1. The predicted octanol–water partition coefficient (Wildman–Crippen LogP) is 12.2. The number of fused-ring (bicyclic) bond motifs is 1. The number of aryl methyl sites for hydroxylation is 1. The van der Waals surface area contributed by atoms with Crippen LogP contribution in [0.25, 0.3) is 34.2 Å². The maximum atomic E-state index is 9.87. The predicted molar refractivity (Wildman–Crippen MR) is 178 cm³/mol. The molecule has 0 amide bonds. The van der Waals surface area contributed by atoms with Gasteiger partial charge in [0.1, 0.15) is 7.05 Å². The zero-order valence-corrected chi connectivity index (χ0v) is 25.6. The van der Waals surface area contributed by atoms with Crippen molar-refractivity contribution in [3.63, 3.8) is 0 Å². The molecule has 0 radical (unpaired) electrons. The molecule has 0 saturated heterocycles. The number of hydrogen-bond donors (Lipinski definition) is 0. The van der Waals surface area contributed by atoms with Crippen LogP contribution in [0.4, 0.5) is 25.2 Å². The first-order valence-electron chi connectivity index (χ1n) is 14.4. The van der Waals surface area contributed by atoms with E-state index in [2.05, 4.69) is 176 Å². The van der Waals surface area contributed by atoms with Gasteiger partial charge >= 0.3 is 33.0 Å². The normalized spacial score (nSPS) is 12.9. The molecule has 46 heavy (non-hydrogen) atoms. The minimum atomic E-state index is -10.7. The van der Waals surface area contributed by atoms with Gasteiger partial charge in [0.05, 0.1) is 5.39 Å². The molecule has 0 aliphatic heterocycles.